The molecule has 3 heteroatoms. The number of hydrogen-bond acceptors (Lipinski definition) is 1. The van der Waals surface area contributed by atoms with Crippen LogP contribution in [0, 0.1) is 5.82 Å². The average Bonchev–Trinajstić information content (AvgIpc) is 3.10. The smallest absolute Gasteiger partial charge is 0.244 e. The summed E-state index contributed by atoms with van der Waals surface area (Å²) in [6, 6.07) is 6.61. The standard InChI is InChI=1S/C15H16FNO/c1-2-3-4-9-14(18)17-15(10-11-15)12-7-5-6-8-13(12)16/h2-9H,10-11H2,1H3,(H,17,18)/b3-2+,9-4+. The first kappa shape index (κ1) is 12.6. The number of carbonyl (C=O) groups is 1. The molecule has 1 fully saturated rings. The number of halogens is 1. The van der Waals surface area contributed by atoms with Crippen LogP contribution in [-0.2, 0) is 10.3 Å². The van der Waals surface area contributed by atoms with E-state index in [9.17, 15) is 9.18 Å². The molecule has 2 nitrogen and oxygen atoms in total. The zero-order valence-corrected chi connectivity index (χ0v) is 10.3. The van der Waals surface area contributed by atoms with Crippen LogP contribution in [0.5, 0.6) is 0 Å². The summed E-state index contributed by atoms with van der Waals surface area (Å²) in [5, 5.41) is 2.88. The van der Waals surface area contributed by atoms with Gasteiger partial charge in [0, 0.05) is 11.6 Å². The maximum absolute atomic E-state index is 13.7. The summed E-state index contributed by atoms with van der Waals surface area (Å²) in [5.41, 5.74) is 0.0840. The minimum atomic E-state index is -0.497. The maximum Gasteiger partial charge on any atom is 0.244 e. The Labute approximate surface area is 106 Å². The maximum atomic E-state index is 13.7. The van der Waals surface area contributed by atoms with E-state index in [1.54, 1.807) is 30.4 Å². The van der Waals surface area contributed by atoms with E-state index in [-0.39, 0.29) is 11.7 Å². The fourth-order valence-corrected chi connectivity index (χ4v) is 1.97. The quantitative estimate of drug-likeness (QED) is 0.641. The van der Waals surface area contributed by atoms with Crippen LogP contribution in [0.2, 0.25) is 0 Å². The Morgan fingerprint density at radius 1 is 1.33 bits per heavy atom. The van der Waals surface area contributed by atoms with Crippen LogP contribution in [0.3, 0.4) is 0 Å². The molecule has 1 aromatic carbocycles. The third-order valence-corrected chi connectivity index (χ3v) is 3.05. The molecule has 0 radical (unpaired) electrons. The van der Waals surface area contributed by atoms with Gasteiger partial charge in [0.1, 0.15) is 5.82 Å². The molecule has 1 amide bonds. The number of amides is 1. The molecule has 0 bridgehead atoms. The number of nitrogens with one attached hydrogen (secondary N) is 1. The fraction of sp³-hybridized carbons (Fsp3) is 0.267. The lowest BCUT2D eigenvalue weighted by molar-refractivity contribution is -0.117. The Balaban J connectivity index is 2.09. The molecule has 2 rings (SSSR count). The number of hydrogen-bond donors (Lipinski definition) is 1. The predicted octanol–water partition coefficient (Wildman–Crippen LogP) is 3.06. The molecular weight excluding hydrogens is 229 g/mol. The van der Waals surface area contributed by atoms with Gasteiger partial charge in [-0.25, -0.2) is 4.39 Å². The Bertz CT molecular complexity index is 501. The van der Waals surface area contributed by atoms with E-state index in [0.29, 0.717) is 5.56 Å². The highest BCUT2D eigenvalue weighted by Gasteiger charge is 2.46. The van der Waals surface area contributed by atoms with Crippen LogP contribution >= 0.6 is 0 Å². The second kappa shape index (κ2) is 5.17. The van der Waals surface area contributed by atoms with Crippen molar-refractivity contribution in [3.05, 3.63) is 60.0 Å². The summed E-state index contributed by atoms with van der Waals surface area (Å²) in [6.07, 6.45) is 8.33. The highest BCUT2D eigenvalue weighted by atomic mass is 19.1. The minimum absolute atomic E-state index is 0.186. The molecule has 0 atom stereocenters. The fourth-order valence-electron chi connectivity index (χ4n) is 1.97. The molecule has 0 saturated heterocycles. The summed E-state index contributed by atoms with van der Waals surface area (Å²) in [6.45, 7) is 1.88. The Morgan fingerprint density at radius 2 is 2.06 bits per heavy atom. The zero-order valence-electron chi connectivity index (χ0n) is 10.3. The summed E-state index contributed by atoms with van der Waals surface area (Å²) in [4.78, 5) is 11.7. The van der Waals surface area contributed by atoms with Crippen molar-refractivity contribution in [3.63, 3.8) is 0 Å². The summed E-state index contributed by atoms with van der Waals surface area (Å²) in [5.74, 6) is -0.443. The molecule has 0 aromatic heterocycles. The Hall–Kier alpha value is -1.90. The number of benzene rings is 1. The molecule has 1 aliphatic carbocycles. The highest BCUT2D eigenvalue weighted by molar-refractivity contribution is 5.88. The van der Waals surface area contributed by atoms with E-state index in [1.807, 2.05) is 13.0 Å². The van der Waals surface area contributed by atoms with Gasteiger partial charge in [0.05, 0.1) is 5.54 Å². The van der Waals surface area contributed by atoms with Gasteiger partial charge < -0.3 is 5.32 Å². The highest BCUT2D eigenvalue weighted by Crippen LogP contribution is 2.46. The zero-order chi connectivity index (χ0) is 13.0. The topological polar surface area (TPSA) is 29.1 Å². The first-order valence-corrected chi connectivity index (χ1v) is 6.04. The van der Waals surface area contributed by atoms with Crippen molar-refractivity contribution in [2.75, 3.05) is 0 Å². The van der Waals surface area contributed by atoms with Crippen molar-refractivity contribution >= 4 is 5.91 Å². The third kappa shape index (κ3) is 2.67. The van der Waals surface area contributed by atoms with Gasteiger partial charge in [-0.15, -0.1) is 0 Å². The van der Waals surface area contributed by atoms with Crippen molar-refractivity contribution in [2.24, 2.45) is 0 Å². The second-order valence-corrected chi connectivity index (χ2v) is 4.44. The lowest BCUT2D eigenvalue weighted by Gasteiger charge is -2.17. The lowest BCUT2D eigenvalue weighted by atomic mass is 10.0. The van der Waals surface area contributed by atoms with Crippen molar-refractivity contribution < 1.29 is 9.18 Å². The van der Waals surface area contributed by atoms with Gasteiger partial charge in [-0.3, -0.25) is 4.79 Å². The predicted molar refractivity (Wildman–Crippen MR) is 69.4 cm³/mol. The molecule has 1 saturated carbocycles. The first-order valence-electron chi connectivity index (χ1n) is 6.04. The molecule has 0 unspecified atom stereocenters. The molecule has 0 heterocycles. The van der Waals surface area contributed by atoms with E-state index in [0.717, 1.165) is 12.8 Å². The van der Waals surface area contributed by atoms with E-state index in [4.69, 9.17) is 0 Å². The lowest BCUT2D eigenvalue weighted by Crippen LogP contribution is -2.34. The number of carbonyl (C=O) groups excluding carboxylic acids is 1. The van der Waals surface area contributed by atoms with E-state index >= 15 is 0 Å². The van der Waals surface area contributed by atoms with Crippen LogP contribution in [0.15, 0.2) is 48.6 Å². The molecular formula is C15H16FNO. The monoisotopic (exact) mass is 245 g/mol. The summed E-state index contributed by atoms with van der Waals surface area (Å²) >= 11 is 0. The molecule has 0 aliphatic heterocycles. The van der Waals surface area contributed by atoms with Gasteiger partial charge in [-0.2, -0.15) is 0 Å². The molecule has 1 N–H and O–H groups in total. The van der Waals surface area contributed by atoms with Crippen molar-refractivity contribution in [1.29, 1.82) is 0 Å². The van der Waals surface area contributed by atoms with Gasteiger partial charge in [-0.1, -0.05) is 36.4 Å². The molecule has 1 aromatic rings. The van der Waals surface area contributed by atoms with Gasteiger partial charge in [0.2, 0.25) is 5.91 Å². The van der Waals surface area contributed by atoms with E-state index in [1.165, 1.54) is 12.1 Å². The van der Waals surface area contributed by atoms with Crippen molar-refractivity contribution in [1.82, 2.24) is 5.32 Å². The molecule has 18 heavy (non-hydrogen) atoms. The summed E-state index contributed by atoms with van der Waals surface area (Å²) < 4.78 is 13.7. The van der Waals surface area contributed by atoms with E-state index < -0.39 is 5.54 Å². The number of allylic oxidation sites excluding steroid dienone is 3. The average molecular weight is 245 g/mol. The molecule has 0 spiro atoms. The third-order valence-electron chi connectivity index (χ3n) is 3.05. The first-order chi connectivity index (χ1) is 8.68. The van der Waals surface area contributed by atoms with Crippen LogP contribution in [-0.4, -0.2) is 5.91 Å². The minimum Gasteiger partial charge on any atom is -0.343 e. The van der Waals surface area contributed by atoms with Gasteiger partial charge in [0.15, 0.2) is 0 Å². The van der Waals surface area contributed by atoms with Crippen LogP contribution in [0.4, 0.5) is 4.39 Å². The van der Waals surface area contributed by atoms with Crippen molar-refractivity contribution in [2.45, 2.75) is 25.3 Å². The van der Waals surface area contributed by atoms with Gasteiger partial charge >= 0.3 is 0 Å². The number of rotatable bonds is 4. The van der Waals surface area contributed by atoms with E-state index in [2.05, 4.69) is 5.32 Å². The molecule has 1 aliphatic rings. The largest absolute Gasteiger partial charge is 0.343 e. The molecule has 94 valence electrons. The second-order valence-electron chi connectivity index (χ2n) is 4.44. The Morgan fingerprint density at radius 3 is 2.67 bits per heavy atom. The van der Waals surface area contributed by atoms with Crippen LogP contribution in [0.25, 0.3) is 0 Å². The Kier molecular flexibility index (Phi) is 3.60. The van der Waals surface area contributed by atoms with Crippen LogP contribution in [0.1, 0.15) is 25.3 Å². The van der Waals surface area contributed by atoms with Gasteiger partial charge in [0.25, 0.3) is 0 Å². The SMILES string of the molecule is C/C=C/C=C/C(=O)NC1(c2ccccc2F)CC1. The van der Waals surface area contributed by atoms with Crippen molar-refractivity contribution in [3.8, 4) is 0 Å². The van der Waals surface area contributed by atoms with Crippen LogP contribution < -0.4 is 5.32 Å². The normalized spacial score (nSPS) is 17.2. The summed E-state index contributed by atoms with van der Waals surface area (Å²) in [7, 11) is 0. The van der Waals surface area contributed by atoms with Gasteiger partial charge in [-0.05, 0) is 25.8 Å².